The van der Waals surface area contributed by atoms with Crippen LogP contribution in [0.3, 0.4) is 0 Å². The van der Waals surface area contributed by atoms with Gasteiger partial charge in [0.15, 0.2) is 0 Å². The maximum Gasteiger partial charge on any atom is 0.310 e. The van der Waals surface area contributed by atoms with E-state index in [-0.39, 0.29) is 5.82 Å². The largest absolute Gasteiger partial charge is 0.481 e. The minimum Gasteiger partial charge on any atom is -0.481 e. The van der Waals surface area contributed by atoms with Crippen molar-refractivity contribution in [1.29, 1.82) is 0 Å². The van der Waals surface area contributed by atoms with Crippen molar-refractivity contribution in [3.63, 3.8) is 0 Å². The van der Waals surface area contributed by atoms with Crippen molar-refractivity contribution in [2.24, 2.45) is 5.92 Å². The molecule has 3 heteroatoms. The number of aliphatic carboxylic acids is 1. The van der Waals surface area contributed by atoms with E-state index in [0.29, 0.717) is 17.9 Å². The second-order valence-corrected chi connectivity index (χ2v) is 4.19. The number of benzene rings is 1. The summed E-state index contributed by atoms with van der Waals surface area (Å²) in [6.07, 6.45) is 1.54. The summed E-state index contributed by atoms with van der Waals surface area (Å²) in [7, 11) is 0. The minimum atomic E-state index is -0.841. The first-order chi connectivity index (χ1) is 7.54. The molecular weight excluding hydrogens is 207 g/mol. The third-order valence-corrected chi connectivity index (χ3v) is 2.91. The lowest BCUT2D eigenvalue weighted by Gasteiger charge is -2.16. The molecule has 1 aromatic rings. The summed E-state index contributed by atoms with van der Waals surface area (Å²) in [4.78, 5) is 11.1. The Hall–Kier alpha value is -1.38. The Morgan fingerprint density at radius 1 is 1.38 bits per heavy atom. The SMILES string of the molecule is CCC(C)CC(C(=O)O)c1ccc(F)cc1. The summed E-state index contributed by atoms with van der Waals surface area (Å²) in [5.74, 6) is -1.36. The monoisotopic (exact) mass is 224 g/mol. The Morgan fingerprint density at radius 3 is 2.38 bits per heavy atom. The van der Waals surface area contributed by atoms with Crippen LogP contribution in [0.2, 0.25) is 0 Å². The van der Waals surface area contributed by atoms with Gasteiger partial charge in [0.05, 0.1) is 5.92 Å². The first kappa shape index (κ1) is 12.7. The van der Waals surface area contributed by atoms with Gasteiger partial charge in [-0.2, -0.15) is 0 Å². The quantitative estimate of drug-likeness (QED) is 0.832. The Kier molecular flexibility index (Phi) is 4.47. The topological polar surface area (TPSA) is 37.3 Å². The first-order valence-corrected chi connectivity index (χ1v) is 5.52. The third-order valence-electron chi connectivity index (χ3n) is 2.91. The van der Waals surface area contributed by atoms with E-state index in [0.717, 1.165) is 6.42 Å². The van der Waals surface area contributed by atoms with Crippen LogP contribution < -0.4 is 0 Å². The lowest BCUT2D eigenvalue weighted by Crippen LogP contribution is -2.14. The van der Waals surface area contributed by atoms with Gasteiger partial charge in [-0.05, 0) is 30.0 Å². The van der Waals surface area contributed by atoms with Gasteiger partial charge in [-0.3, -0.25) is 4.79 Å². The number of hydrogen-bond donors (Lipinski definition) is 1. The molecule has 0 heterocycles. The Morgan fingerprint density at radius 2 is 1.94 bits per heavy atom. The highest BCUT2D eigenvalue weighted by Crippen LogP contribution is 2.25. The Bertz CT molecular complexity index is 345. The summed E-state index contributed by atoms with van der Waals surface area (Å²) in [6, 6.07) is 5.72. The number of halogens is 1. The van der Waals surface area contributed by atoms with Crippen LogP contribution in [0.4, 0.5) is 4.39 Å². The van der Waals surface area contributed by atoms with E-state index in [1.54, 1.807) is 12.1 Å². The summed E-state index contributed by atoms with van der Waals surface area (Å²) >= 11 is 0. The number of carbonyl (C=O) groups is 1. The van der Waals surface area contributed by atoms with Crippen molar-refractivity contribution in [3.05, 3.63) is 35.6 Å². The van der Waals surface area contributed by atoms with Crippen molar-refractivity contribution in [3.8, 4) is 0 Å². The smallest absolute Gasteiger partial charge is 0.310 e. The van der Waals surface area contributed by atoms with Crippen LogP contribution in [0.1, 0.15) is 38.2 Å². The van der Waals surface area contributed by atoms with Crippen LogP contribution in [-0.4, -0.2) is 11.1 Å². The second-order valence-electron chi connectivity index (χ2n) is 4.19. The molecule has 0 radical (unpaired) electrons. The van der Waals surface area contributed by atoms with Gasteiger partial charge < -0.3 is 5.11 Å². The van der Waals surface area contributed by atoms with Gasteiger partial charge in [-0.15, -0.1) is 0 Å². The van der Waals surface area contributed by atoms with Crippen LogP contribution in [0.5, 0.6) is 0 Å². The molecule has 0 saturated carbocycles. The molecule has 2 unspecified atom stereocenters. The predicted molar refractivity (Wildman–Crippen MR) is 60.8 cm³/mol. The number of carboxylic acids is 1. The molecule has 0 aliphatic heterocycles. The Labute approximate surface area is 95.1 Å². The van der Waals surface area contributed by atoms with Crippen molar-refractivity contribution in [2.75, 3.05) is 0 Å². The molecule has 0 aromatic heterocycles. The molecular formula is C13H17FO2. The molecule has 2 nitrogen and oxygen atoms in total. The molecule has 88 valence electrons. The number of carboxylic acid groups (broad SMARTS) is 1. The Balaban J connectivity index is 2.85. The fraction of sp³-hybridized carbons (Fsp3) is 0.462. The molecule has 16 heavy (non-hydrogen) atoms. The maximum absolute atomic E-state index is 12.7. The van der Waals surface area contributed by atoms with Crippen LogP contribution >= 0.6 is 0 Å². The predicted octanol–water partition coefficient (Wildman–Crippen LogP) is 3.43. The van der Waals surface area contributed by atoms with Gasteiger partial charge in [0, 0.05) is 0 Å². The molecule has 0 bridgehead atoms. The van der Waals surface area contributed by atoms with Crippen LogP contribution in [0.15, 0.2) is 24.3 Å². The summed E-state index contributed by atoms with van der Waals surface area (Å²) < 4.78 is 12.7. The van der Waals surface area contributed by atoms with Crippen molar-refractivity contribution in [1.82, 2.24) is 0 Å². The van der Waals surface area contributed by atoms with Crippen LogP contribution in [0.25, 0.3) is 0 Å². The zero-order valence-electron chi connectivity index (χ0n) is 9.61. The van der Waals surface area contributed by atoms with Gasteiger partial charge in [-0.25, -0.2) is 4.39 Å². The van der Waals surface area contributed by atoms with E-state index < -0.39 is 11.9 Å². The normalized spacial score (nSPS) is 14.4. The van der Waals surface area contributed by atoms with Gasteiger partial charge in [0.25, 0.3) is 0 Å². The molecule has 0 amide bonds. The van der Waals surface area contributed by atoms with Gasteiger partial charge in [0.1, 0.15) is 5.82 Å². The van der Waals surface area contributed by atoms with E-state index in [1.807, 2.05) is 13.8 Å². The third kappa shape index (κ3) is 3.33. The lowest BCUT2D eigenvalue weighted by molar-refractivity contribution is -0.139. The fourth-order valence-corrected chi connectivity index (χ4v) is 1.64. The van der Waals surface area contributed by atoms with E-state index in [9.17, 15) is 9.18 Å². The molecule has 0 aliphatic carbocycles. The van der Waals surface area contributed by atoms with Crippen LogP contribution in [-0.2, 0) is 4.79 Å². The molecule has 1 N–H and O–H groups in total. The molecule has 2 atom stereocenters. The van der Waals surface area contributed by atoms with Gasteiger partial charge >= 0.3 is 5.97 Å². The van der Waals surface area contributed by atoms with E-state index in [1.165, 1.54) is 12.1 Å². The molecule has 0 saturated heterocycles. The summed E-state index contributed by atoms with van der Waals surface area (Å²) in [5.41, 5.74) is 0.675. The molecule has 1 rings (SSSR count). The van der Waals surface area contributed by atoms with E-state index in [4.69, 9.17) is 5.11 Å². The first-order valence-electron chi connectivity index (χ1n) is 5.52. The van der Waals surface area contributed by atoms with Crippen LogP contribution in [0, 0.1) is 11.7 Å². The van der Waals surface area contributed by atoms with Crippen molar-refractivity contribution in [2.45, 2.75) is 32.6 Å². The maximum atomic E-state index is 12.7. The molecule has 0 spiro atoms. The standard InChI is InChI=1S/C13H17FO2/c1-3-9(2)8-12(13(15)16)10-4-6-11(14)7-5-10/h4-7,9,12H,3,8H2,1-2H3,(H,15,16). The number of hydrogen-bond acceptors (Lipinski definition) is 1. The summed E-state index contributed by atoms with van der Waals surface area (Å²) in [5, 5.41) is 9.15. The zero-order valence-corrected chi connectivity index (χ0v) is 9.61. The minimum absolute atomic E-state index is 0.337. The van der Waals surface area contributed by atoms with Gasteiger partial charge in [-0.1, -0.05) is 32.4 Å². The van der Waals surface area contributed by atoms with E-state index >= 15 is 0 Å². The van der Waals surface area contributed by atoms with Gasteiger partial charge in [0.2, 0.25) is 0 Å². The highest BCUT2D eigenvalue weighted by Gasteiger charge is 2.21. The zero-order chi connectivity index (χ0) is 12.1. The van der Waals surface area contributed by atoms with E-state index in [2.05, 4.69) is 0 Å². The van der Waals surface area contributed by atoms with Crippen molar-refractivity contribution < 1.29 is 14.3 Å². The highest BCUT2D eigenvalue weighted by atomic mass is 19.1. The molecule has 0 aliphatic rings. The fourth-order valence-electron chi connectivity index (χ4n) is 1.64. The van der Waals surface area contributed by atoms with Crippen molar-refractivity contribution >= 4 is 5.97 Å². The lowest BCUT2D eigenvalue weighted by atomic mass is 9.88. The number of rotatable bonds is 5. The molecule has 0 fully saturated rings. The molecule has 1 aromatic carbocycles. The average molecular weight is 224 g/mol. The average Bonchev–Trinajstić information content (AvgIpc) is 2.26. The second kappa shape index (κ2) is 5.64. The summed E-state index contributed by atoms with van der Waals surface area (Å²) in [6.45, 7) is 4.06. The highest BCUT2D eigenvalue weighted by molar-refractivity contribution is 5.76.